The number of nitrogens with two attached hydrogens (primary N) is 1. The van der Waals surface area contributed by atoms with Crippen molar-refractivity contribution in [3.05, 3.63) is 66.5 Å². The van der Waals surface area contributed by atoms with E-state index in [4.69, 9.17) is 10.5 Å². The SMILES string of the molecule is CC(N)Cc1cncc(Oc2cccc3ccccc23)c1. The highest BCUT2D eigenvalue weighted by Crippen LogP contribution is 2.29. The van der Waals surface area contributed by atoms with Crippen molar-refractivity contribution in [1.29, 1.82) is 0 Å². The van der Waals surface area contributed by atoms with Crippen LogP contribution in [-0.2, 0) is 6.42 Å². The lowest BCUT2D eigenvalue weighted by molar-refractivity contribution is 0.484. The first-order chi connectivity index (χ1) is 10.2. The fourth-order valence-electron chi connectivity index (χ4n) is 2.41. The van der Waals surface area contributed by atoms with Gasteiger partial charge in [-0.05, 0) is 36.4 Å². The van der Waals surface area contributed by atoms with Crippen molar-refractivity contribution in [2.75, 3.05) is 0 Å². The quantitative estimate of drug-likeness (QED) is 0.787. The number of benzene rings is 2. The van der Waals surface area contributed by atoms with Crippen molar-refractivity contribution >= 4 is 10.8 Å². The molecule has 0 spiro atoms. The maximum absolute atomic E-state index is 6.01. The van der Waals surface area contributed by atoms with Gasteiger partial charge in [-0.3, -0.25) is 4.98 Å². The first-order valence-corrected chi connectivity index (χ1v) is 7.07. The number of hydrogen-bond donors (Lipinski definition) is 1. The Bertz CT molecular complexity index is 748. The van der Waals surface area contributed by atoms with Crippen LogP contribution in [0.15, 0.2) is 60.9 Å². The lowest BCUT2D eigenvalue weighted by Gasteiger charge is -2.10. The lowest BCUT2D eigenvalue weighted by Crippen LogP contribution is -2.17. The minimum absolute atomic E-state index is 0.111. The van der Waals surface area contributed by atoms with Gasteiger partial charge >= 0.3 is 0 Å². The summed E-state index contributed by atoms with van der Waals surface area (Å²) in [4.78, 5) is 4.23. The molecule has 1 unspecified atom stereocenters. The lowest BCUT2D eigenvalue weighted by atomic mass is 10.1. The predicted octanol–water partition coefficient (Wildman–Crippen LogP) is 3.92. The Kier molecular flexibility index (Phi) is 3.84. The Hall–Kier alpha value is -2.39. The minimum atomic E-state index is 0.111. The van der Waals surface area contributed by atoms with Gasteiger partial charge in [-0.25, -0.2) is 0 Å². The number of rotatable bonds is 4. The van der Waals surface area contributed by atoms with Gasteiger partial charge in [0.1, 0.15) is 11.5 Å². The van der Waals surface area contributed by atoms with Crippen molar-refractivity contribution < 1.29 is 4.74 Å². The summed E-state index contributed by atoms with van der Waals surface area (Å²) in [7, 11) is 0. The number of aromatic nitrogens is 1. The number of pyridine rings is 1. The first kappa shape index (κ1) is 13.6. The Balaban J connectivity index is 1.92. The van der Waals surface area contributed by atoms with Crippen molar-refractivity contribution in [1.82, 2.24) is 4.98 Å². The van der Waals surface area contributed by atoms with Crippen molar-refractivity contribution in [3.8, 4) is 11.5 Å². The molecule has 0 bridgehead atoms. The molecule has 1 aromatic heterocycles. The average molecular weight is 278 g/mol. The molecule has 106 valence electrons. The van der Waals surface area contributed by atoms with E-state index in [-0.39, 0.29) is 6.04 Å². The van der Waals surface area contributed by atoms with Gasteiger partial charge in [0, 0.05) is 17.6 Å². The summed E-state index contributed by atoms with van der Waals surface area (Å²) in [5, 5.41) is 2.26. The third-order valence-corrected chi connectivity index (χ3v) is 3.30. The molecule has 3 aromatic rings. The normalized spacial score (nSPS) is 12.3. The molecule has 2 aromatic carbocycles. The summed E-state index contributed by atoms with van der Waals surface area (Å²) in [5.41, 5.74) is 6.92. The molecule has 2 N–H and O–H groups in total. The third-order valence-electron chi connectivity index (χ3n) is 3.30. The minimum Gasteiger partial charge on any atom is -0.455 e. The Morgan fingerprint density at radius 2 is 1.90 bits per heavy atom. The molecule has 3 heteroatoms. The zero-order valence-corrected chi connectivity index (χ0v) is 12.0. The van der Waals surface area contributed by atoms with Crippen LogP contribution in [0.3, 0.4) is 0 Å². The molecule has 0 saturated carbocycles. The van der Waals surface area contributed by atoms with Crippen LogP contribution in [0.25, 0.3) is 10.8 Å². The summed E-state index contributed by atoms with van der Waals surface area (Å²) in [6.45, 7) is 1.98. The van der Waals surface area contributed by atoms with E-state index >= 15 is 0 Å². The first-order valence-electron chi connectivity index (χ1n) is 7.07. The standard InChI is InChI=1S/C18H18N2O/c1-13(19)9-14-10-16(12-20-11-14)21-18-8-4-6-15-5-2-3-7-17(15)18/h2-8,10-13H,9,19H2,1H3. The maximum atomic E-state index is 6.01. The molecule has 21 heavy (non-hydrogen) atoms. The number of fused-ring (bicyclic) bond motifs is 1. The number of ether oxygens (including phenoxy) is 1. The molecule has 0 radical (unpaired) electrons. The molecule has 3 rings (SSSR count). The van der Waals surface area contributed by atoms with Crippen LogP contribution in [0, 0.1) is 0 Å². The van der Waals surface area contributed by atoms with Crippen LogP contribution in [0.2, 0.25) is 0 Å². The van der Waals surface area contributed by atoms with Gasteiger partial charge in [-0.15, -0.1) is 0 Å². The van der Waals surface area contributed by atoms with E-state index < -0.39 is 0 Å². The fraction of sp³-hybridized carbons (Fsp3) is 0.167. The zero-order chi connectivity index (χ0) is 14.7. The highest BCUT2D eigenvalue weighted by Gasteiger charge is 2.05. The molecular formula is C18H18N2O. The van der Waals surface area contributed by atoms with E-state index in [1.807, 2.05) is 43.5 Å². The summed E-state index contributed by atoms with van der Waals surface area (Å²) < 4.78 is 6.01. The van der Waals surface area contributed by atoms with Crippen LogP contribution in [0.4, 0.5) is 0 Å². The van der Waals surface area contributed by atoms with E-state index in [1.165, 1.54) is 0 Å². The highest BCUT2D eigenvalue weighted by molar-refractivity contribution is 5.88. The van der Waals surface area contributed by atoms with Crippen LogP contribution in [0.1, 0.15) is 12.5 Å². The largest absolute Gasteiger partial charge is 0.455 e. The second-order valence-electron chi connectivity index (χ2n) is 5.29. The van der Waals surface area contributed by atoms with E-state index in [2.05, 4.69) is 23.2 Å². The van der Waals surface area contributed by atoms with Crippen LogP contribution in [-0.4, -0.2) is 11.0 Å². The van der Waals surface area contributed by atoms with E-state index in [9.17, 15) is 0 Å². The zero-order valence-electron chi connectivity index (χ0n) is 12.0. The van der Waals surface area contributed by atoms with Gasteiger partial charge in [-0.2, -0.15) is 0 Å². The van der Waals surface area contributed by atoms with Gasteiger partial charge in [0.2, 0.25) is 0 Å². The molecule has 0 amide bonds. The summed E-state index contributed by atoms with van der Waals surface area (Å²) in [5.74, 6) is 1.58. The molecule has 0 aliphatic rings. The monoisotopic (exact) mass is 278 g/mol. The van der Waals surface area contributed by atoms with Gasteiger partial charge in [0.05, 0.1) is 6.20 Å². The van der Waals surface area contributed by atoms with Crippen molar-refractivity contribution in [3.63, 3.8) is 0 Å². The average Bonchev–Trinajstić information content (AvgIpc) is 2.47. The molecule has 1 heterocycles. The second kappa shape index (κ2) is 5.94. The Labute approximate surface area is 124 Å². The van der Waals surface area contributed by atoms with Crippen LogP contribution >= 0.6 is 0 Å². The van der Waals surface area contributed by atoms with Gasteiger partial charge in [0.25, 0.3) is 0 Å². The molecular weight excluding hydrogens is 260 g/mol. The Morgan fingerprint density at radius 1 is 1.10 bits per heavy atom. The van der Waals surface area contributed by atoms with Crippen LogP contribution < -0.4 is 10.5 Å². The van der Waals surface area contributed by atoms with Crippen molar-refractivity contribution in [2.24, 2.45) is 5.73 Å². The van der Waals surface area contributed by atoms with Crippen LogP contribution in [0.5, 0.6) is 11.5 Å². The summed E-state index contributed by atoms with van der Waals surface area (Å²) >= 11 is 0. The molecule has 0 saturated heterocycles. The summed E-state index contributed by atoms with van der Waals surface area (Å²) in [6.07, 6.45) is 4.35. The smallest absolute Gasteiger partial charge is 0.146 e. The van der Waals surface area contributed by atoms with Gasteiger partial charge < -0.3 is 10.5 Å². The number of hydrogen-bond acceptors (Lipinski definition) is 3. The van der Waals surface area contributed by atoms with E-state index in [1.54, 1.807) is 6.20 Å². The maximum Gasteiger partial charge on any atom is 0.146 e. The van der Waals surface area contributed by atoms with Crippen molar-refractivity contribution in [2.45, 2.75) is 19.4 Å². The fourth-order valence-corrected chi connectivity index (χ4v) is 2.41. The van der Waals surface area contributed by atoms with Gasteiger partial charge in [0.15, 0.2) is 0 Å². The molecule has 3 nitrogen and oxygen atoms in total. The molecule has 0 aliphatic heterocycles. The molecule has 0 fully saturated rings. The Morgan fingerprint density at radius 3 is 2.76 bits per heavy atom. The van der Waals surface area contributed by atoms with E-state index in [0.29, 0.717) is 0 Å². The third kappa shape index (κ3) is 3.20. The predicted molar refractivity (Wildman–Crippen MR) is 85.6 cm³/mol. The summed E-state index contributed by atoms with van der Waals surface area (Å²) in [6, 6.07) is 16.3. The van der Waals surface area contributed by atoms with E-state index in [0.717, 1.165) is 34.3 Å². The second-order valence-corrected chi connectivity index (χ2v) is 5.29. The molecule has 0 aliphatic carbocycles. The molecule has 1 atom stereocenters. The van der Waals surface area contributed by atoms with Gasteiger partial charge in [-0.1, -0.05) is 36.4 Å². The topological polar surface area (TPSA) is 48.1 Å². The number of nitrogens with zero attached hydrogens (tertiary/aromatic N) is 1. The highest BCUT2D eigenvalue weighted by atomic mass is 16.5.